The number of nitrogens with one attached hydrogen (secondary N) is 2. The molecule has 0 unspecified atom stereocenters. The summed E-state index contributed by atoms with van der Waals surface area (Å²) >= 11 is 5.91. The van der Waals surface area contributed by atoms with Crippen LogP contribution in [0.15, 0.2) is 23.1 Å². The fourth-order valence-electron chi connectivity index (χ4n) is 1.93. The number of carbonyl (C=O) groups excluding carboxylic acids is 3. The van der Waals surface area contributed by atoms with Crippen molar-refractivity contribution in [3.8, 4) is 0 Å². The summed E-state index contributed by atoms with van der Waals surface area (Å²) in [4.78, 5) is 35.4. The van der Waals surface area contributed by atoms with Crippen LogP contribution < -0.4 is 10.6 Å². The van der Waals surface area contributed by atoms with Gasteiger partial charge < -0.3 is 10.6 Å². The van der Waals surface area contributed by atoms with E-state index in [0.29, 0.717) is 0 Å². The Morgan fingerprint density at radius 2 is 2.04 bits per heavy atom. The van der Waals surface area contributed by atoms with Crippen LogP contribution in [0.3, 0.4) is 0 Å². The number of halogens is 1. The second kappa shape index (κ2) is 6.75. The number of imide groups is 1. The van der Waals surface area contributed by atoms with Crippen molar-refractivity contribution < 1.29 is 22.8 Å². The van der Waals surface area contributed by atoms with Crippen molar-refractivity contribution in [3.63, 3.8) is 0 Å². The highest BCUT2D eigenvalue weighted by atomic mass is 35.5. The average Bonchev–Trinajstić information content (AvgIpc) is 2.80. The van der Waals surface area contributed by atoms with E-state index in [1.807, 2.05) is 0 Å². The van der Waals surface area contributed by atoms with Crippen LogP contribution in [0.1, 0.15) is 0 Å². The number of sulfonamides is 1. The third-order valence-electron chi connectivity index (χ3n) is 3.21. The van der Waals surface area contributed by atoms with Gasteiger partial charge in [-0.2, -0.15) is 0 Å². The average molecular weight is 375 g/mol. The van der Waals surface area contributed by atoms with Crippen LogP contribution in [0, 0.1) is 0 Å². The second-order valence-corrected chi connectivity index (χ2v) is 7.65. The van der Waals surface area contributed by atoms with Crippen molar-refractivity contribution in [3.05, 3.63) is 23.2 Å². The molecule has 1 aliphatic heterocycles. The third kappa shape index (κ3) is 3.66. The molecule has 1 heterocycles. The number of hydrogen-bond donors (Lipinski definition) is 2. The lowest BCUT2D eigenvalue weighted by molar-refractivity contribution is -0.128. The lowest BCUT2D eigenvalue weighted by atomic mass is 10.3. The summed E-state index contributed by atoms with van der Waals surface area (Å²) in [6, 6.07) is 3.31. The van der Waals surface area contributed by atoms with Crippen LogP contribution in [0.4, 0.5) is 10.5 Å². The van der Waals surface area contributed by atoms with Crippen molar-refractivity contribution >= 4 is 45.2 Å². The predicted octanol–water partition coefficient (Wildman–Crippen LogP) is 0.0806. The number of amides is 4. The quantitative estimate of drug-likeness (QED) is 0.708. The number of nitrogens with zero attached hydrogens (tertiary/aromatic N) is 2. The Bertz CT molecular complexity index is 793. The standard InChI is InChI=1S/C13H15ClN4O5S/c1-17(2)24(22,23)10-5-8(3-4-9(10)14)16-11(19)7-18-12(20)6-15-13(18)21/h3-5H,6-7H2,1-2H3,(H,15,21)(H,16,19). The molecule has 0 saturated carbocycles. The Balaban J connectivity index is 2.17. The smallest absolute Gasteiger partial charge is 0.325 e. The third-order valence-corrected chi connectivity index (χ3v) is 5.51. The SMILES string of the molecule is CN(C)S(=O)(=O)c1cc(NC(=O)CN2C(=O)CNC2=O)ccc1Cl. The highest BCUT2D eigenvalue weighted by Crippen LogP contribution is 2.26. The lowest BCUT2D eigenvalue weighted by Crippen LogP contribution is -2.38. The van der Waals surface area contributed by atoms with E-state index < -0.39 is 34.4 Å². The molecule has 0 aromatic heterocycles. The highest BCUT2D eigenvalue weighted by molar-refractivity contribution is 7.89. The summed E-state index contributed by atoms with van der Waals surface area (Å²) in [5.41, 5.74) is 0.178. The number of hydrogen-bond acceptors (Lipinski definition) is 5. The van der Waals surface area contributed by atoms with Crippen molar-refractivity contribution in [1.29, 1.82) is 0 Å². The molecule has 0 spiro atoms. The van der Waals surface area contributed by atoms with Gasteiger partial charge in [0.25, 0.3) is 5.91 Å². The van der Waals surface area contributed by atoms with E-state index in [4.69, 9.17) is 11.6 Å². The Hall–Kier alpha value is -2.17. The van der Waals surface area contributed by atoms with Crippen LogP contribution in [0.5, 0.6) is 0 Å². The number of carbonyl (C=O) groups is 3. The lowest BCUT2D eigenvalue weighted by Gasteiger charge is -2.15. The Morgan fingerprint density at radius 3 is 2.58 bits per heavy atom. The molecule has 11 heteroatoms. The normalized spacial score (nSPS) is 14.9. The number of urea groups is 1. The molecule has 0 aliphatic carbocycles. The predicted molar refractivity (Wildman–Crippen MR) is 86.1 cm³/mol. The van der Waals surface area contributed by atoms with E-state index in [9.17, 15) is 22.8 Å². The van der Waals surface area contributed by atoms with E-state index in [1.54, 1.807) is 0 Å². The van der Waals surface area contributed by atoms with Crippen molar-refractivity contribution in [2.75, 3.05) is 32.5 Å². The van der Waals surface area contributed by atoms with Gasteiger partial charge in [0, 0.05) is 19.8 Å². The molecule has 1 aromatic carbocycles. The van der Waals surface area contributed by atoms with E-state index in [1.165, 1.54) is 32.3 Å². The van der Waals surface area contributed by atoms with Gasteiger partial charge in [-0.05, 0) is 18.2 Å². The van der Waals surface area contributed by atoms with E-state index in [2.05, 4.69) is 10.6 Å². The van der Waals surface area contributed by atoms with E-state index >= 15 is 0 Å². The summed E-state index contributed by atoms with van der Waals surface area (Å²) in [5.74, 6) is -1.15. The molecule has 2 N–H and O–H groups in total. The van der Waals surface area contributed by atoms with Crippen LogP contribution in [0.25, 0.3) is 0 Å². The molecular weight excluding hydrogens is 360 g/mol. The molecule has 0 atom stereocenters. The maximum atomic E-state index is 12.2. The van der Waals surface area contributed by atoms with Crippen molar-refractivity contribution in [2.45, 2.75) is 4.90 Å². The Labute approximate surface area is 143 Å². The van der Waals surface area contributed by atoms with Crippen LogP contribution in [0.2, 0.25) is 5.02 Å². The fraction of sp³-hybridized carbons (Fsp3) is 0.308. The minimum atomic E-state index is -3.78. The van der Waals surface area contributed by atoms with Gasteiger partial charge in [-0.1, -0.05) is 11.6 Å². The summed E-state index contributed by atoms with van der Waals surface area (Å²) < 4.78 is 25.3. The Morgan fingerprint density at radius 1 is 1.38 bits per heavy atom. The van der Waals surface area contributed by atoms with E-state index in [-0.39, 0.29) is 22.2 Å². The number of rotatable bonds is 5. The largest absolute Gasteiger partial charge is 0.329 e. The van der Waals surface area contributed by atoms with Crippen LogP contribution in [-0.4, -0.2) is 62.7 Å². The van der Waals surface area contributed by atoms with Gasteiger partial charge >= 0.3 is 6.03 Å². The summed E-state index contributed by atoms with van der Waals surface area (Å²) in [6.07, 6.45) is 0. The molecule has 4 amide bonds. The van der Waals surface area contributed by atoms with Gasteiger partial charge in [0.05, 0.1) is 11.6 Å². The minimum absolute atomic E-state index is 0.01000. The zero-order valence-corrected chi connectivity index (χ0v) is 14.4. The first-order chi connectivity index (χ1) is 11.1. The topological polar surface area (TPSA) is 116 Å². The monoisotopic (exact) mass is 374 g/mol. The molecule has 1 saturated heterocycles. The molecule has 9 nitrogen and oxygen atoms in total. The van der Waals surface area contributed by atoms with Crippen LogP contribution >= 0.6 is 11.6 Å². The highest BCUT2D eigenvalue weighted by Gasteiger charge is 2.30. The summed E-state index contributed by atoms with van der Waals surface area (Å²) in [5, 5.41) is 4.74. The van der Waals surface area contributed by atoms with Gasteiger partial charge in [-0.15, -0.1) is 0 Å². The van der Waals surface area contributed by atoms with Crippen LogP contribution in [-0.2, 0) is 19.6 Å². The molecule has 130 valence electrons. The number of anilines is 1. The first-order valence-electron chi connectivity index (χ1n) is 6.73. The van der Waals surface area contributed by atoms with Gasteiger partial charge in [0.2, 0.25) is 15.9 Å². The maximum absolute atomic E-state index is 12.2. The molecule has 2 rings (SSSR count). The van der Waals surface area contributed by atoms with Gasteiger partial charge in [0.1, 0.15) is 11.4 Å². The van der Waals surface area contributed by atoms with Gasteiger partial charge in [0.15, 0.2) is 0 Å². The zero-order valence-electron chi connectivity index (χ0n) is 12.9. The fourth-order valence-corrected chi connectivity index (χ4v) is 3.33. The molecule has 1 fully saturated rings. The van der Waals surface area contributed by atoms with Crippen molar-refractivity contribution in [2.24, 2.45) is 0 Å². The molecule has 24 heavy (non-hydrogen) atoms. The summed E-state index contributed by atoms with van der Waals surface area (Å²) in [6.45, 7) is -0.624. The summed E-state index contributed by atoms with van der Waals surface area (Å²) in [7, 11) is -1.07. The minimum Gasteiger partial charge on any atom is -0.329 e. The maximum Gasteiger partial charge on any atom is 0.325 e. The molecule has 0 radical (unpaired) electrons. The first-order valence-corrected chi connectivity index (χ1v) is 8.55. The second-order valence-electron chi connectivity index (χ2n) is 5.12. The van der Waals surface area contributed by atoms with Gasteiger partial charge in [-0.25, -0.2) is 17.5 Å². The molecule has 1 aliphatic rings. The first kappa shape index (κ1) is 18.2. The van der Waals surface area contributed by atoms with Crippen molar-refractivity contribution in [1.82, 2.24) is 14.5 Å². The molecular formula is C13H15ClN4O5S. The molecule has 1 aromatic rings. The molecule has 0 bridgehead atoms. The zero-order chi connectivity index (χ0) is 18.1. The van der Waals surface area contributed by atoms with E-state index in [0.717, 1.165) is 9.21 Å². The number of benzene rings is 1. The Kier molecular flexibility index (Phi) is 5.11. The van der Waals surface area contributed by atoms with Gasteiger partial charge in [-0.3, -0.25) is 14.5 Å².